The van der Waals surface area contributed by atoms with Crippen LogP contribution in [0.2, 0.25) is 0 Å². The standard InChI is InChI=1S/C30H48O11/c1-13(4-7-21(34)40-28-25(37)23(35)24(36)26(41-28)27(38)39)16-5-6-17-22-18(12-20(33)30(16,17)3)29(2)9-8-15(31)10-14(29)11-19(22)32/h13-20,22-26,28,31-33,35-37H,4-12H2,1-3H3,(H,38,39)/p-1/t13-,14+,15-,16-,17+,18+,19-,20+,22+,23+,24+,25-,26+,28-,29+,30-/m1/s1. The highest BCUT2D eigenvalue weighted by Crippen LogP contribution is 2.68. The second-order valence-corrected chi connectivity index (χ2v) is 14.2. The summed E-state index contributed by atoms with van der Waals surface area (Å²) in [5.41, 5.74) is -0.433. The van der Waals surface area contributed by atoms with Gasteiger partial charge in [-0.2, -0.15) is 0 Å². The summed E-state index contributed by atoms with van der Waals surface area (Å²) < 4.78 is 10.1. The summed E-state index contributed by atoms with van der Waals surface area (Å²) in [5, 5.41) is 74.5. The molecular weight excluding hydrogens is 536 g/mol. The molecule has 0 spiro atoms. The van der Waals surface area contributed by atoms with Gasteiger partial charge in [0, 0.05) is 6.42 Å². The largest absolute Gasteiger partial charge is 0.547 e. The molecule has 6 N–H and O–H groups in total. The molecule has 0 bridgehead atoms. The number of aliphatic hydroxyl groups excluding tert-OH is 6. The Kier molecular flexibility index (Phi) is 8.57. The molecule has 0 aromatic heterocycles. The second-order valence-electron chi connectivity index (χ2n) is 14.2. The molecule has 1 heterocycles. The van der Waals surface area contributed by atoms with Crippen LogP contribution >= 0.6 is 0 Å². The Labute approximate surface area is 240 Å². The Morgan fingerprint density at radius 3 is 2.34 bits per heavy atom. The maximum atomic E-state index is 12.7. The van der Waals surface area contributed by atoms with Crippen molar-refractivity contribution in [2.24, 2.45) is 46.3 Å². The van der Waals surface area contributed by atoms with Crippen molar-refractivity contribution in [1.29, 1.82) is 0 Å². The SMILES string of the molecule is C[C@H](CCC(=O)O[C@@H]1O[C@H](C(=O)[O-])[C@@H](O)[C@H](O)[C@H]1O)[C@H]1CC[C@H]2[C@@H]3[C@H](O)C[C@@H]4C[C@H](O)CC[C@]4(C)[C@H]3C[C@H](O)[C@]12C. The fourth-order valence-corrected chi connectivity index (χ4v) is 10.0. The summed E-state index contributed by atoms with van der Waals surface area (Å²) in [7, 11) is 0. The number of esters is 1. The zero-order chi connectivity index (χ0) is 30.0. The minimum atomic E-state index is -1.96. The summed E-state index contributed by atoms with van der Waals surface area (Å²) in [5.74, 6) is -1.73. The molecule has 1 saturated heterocycles. The van der Waals surface area contributed by atoms with E-state index in [0.29, 0.717) is 25.7 Å². The number of ether oxygens (including phenoxy) is 2. The maximum Gasteiger partial charge on any atom is 0.308 e. The third-order valence-electron chi connectivity index (χ3n) is 12.4. The van der Waals surface area contributed by atoms with Gasteiger partial charge in [0.05, 0.1) is 24.3 Å². The molecule has 5 rings (SSSR count). The fraction of sp³-hybridized carbons (Fsp3) is 0.933. The monoisotopic (exact) mass is 583 g/mol. The van der Waals surface area contributed by atoms with E-state index in [1.807, 2.05) is 6.92 Å². The topological polar surface area (TPSA) is 197 Å². The van der Waals surface area contributed by atoms with Crippen LogP contribution in [0.4, 0.5) is 0 Å². The summed E-state index contributed by atoms with van der Waals surface area (Å²) in [6, 6.07) is 0. The van der Waals surface area contributed by atoms with E-state index in [2.05, 4.69) is 13.8 Å². The van der Waals surface area contributed by atoms with E-state index in [9.17, 15) is 45.3 Å². The smallest absolute Gasteiger partial charge is 0.308 e. The normalized spacial score (nSPS) is 52.1. The van der Waals surface area contributed by atoms with Crippen LogP contribution in [-0.4, -0.2) is 91.6 Å². The Hall–Kier alpha value is -1.34. The Morgan fingerprint density at radius 1 is 0.951 bits per heavy atom. The summed E-state index contributed by atoms with van der Waals surface area (Å²) in [6.07, 6.45) is -4.88. The van der Waals surface area contributed by atoms with Crippen LogP contribution in [0.5, 0.6) is 0 Å². The molecular formula is C30H47O11-. The summed E-state index contributed by atoms with van der Waals surface area (Å²) >= 11 is 0. The van der Waals surface area contributed by atoms with Gasteiger partial charge in [0.25, 0.3) is 0 Å². The molecule has 0 unspecified atom stereocenters. The van der Waals surface area contributed by atoms with Gasteiger partial charge in [-0.05, 0) is 97.7 Å². The predicted octanol–water partition coefficient (Wildman–Crippen LogP) is -0.535. The van der Waals surface area contributed by atoms with Gasteiger partial charge in [0.1, 0.15) is 24.4 Å². The number of carboxylic acids is 1. The van der Waals surface area contributed by atoms with Crippen LogP contribution < -0.4 is 5.11 Å². The lowest BCUT2D eigenvalue weighted by Crippen LogP contribution is -2.62. The molecule has 0 aromatic carbocycles. The number of carboxylic acid groups (broad SMARTS) is 1. The van der Waals surface area contributed by atoms with Crippen molar-refractivity contribution in [3.63, 3.8) is 0 Å². The Bertz CT molecular complexity index is 991. The molecule has 0 radical (unpaired) electrons. The molecule has 0 amide bonds. The highest BCUT2D eigenvalue weighted by Gasteiger charge is 2.65. The number of hydrogen-bond donors (Lipinski definition) is 6. The first-order chi connectivity index (χ1) is 19.2. The fourth-order valence-electron chi connectivity index (χ4n) is 10.0. The average molecular weight is 584 g/mol. The number of carbonyl (C=O) groups excluding carboxylic acids is 2. The van der Waals surface area contributed by atoms with Crippen molar-refractivity contribution in [1.82, 2.24) is 0 Å². The van der Waals surface area contributed by atoms with Crippen LogP contribution in [0.1, 0.15) is 78.6 Å². The van der Waals surface area contributed by atoms with Crippen LogP contribution in [0.25, 0.3) is 0 Å². The van der Waals surface area contributed by atoms with Crippen LogP contribution in [-0.2, 0) is 19.1 Å². The van der Waals surface area contributed by atoms with Gasteiger partial charge in [0.15, 0.2) is 0 Å². The van der Waals surface area contributed by atoms with E-state index in [-0.39, 0.29) is 53.4 Å². The summed E-state index contributed by atoms with van der Waals surface area (Å²) in [6.45, 7) is 6.47. The first-order valence-corrected chi connectivity index (χ1v) is 15.3. The highest BCUT2D eigenvalue weighted by molar-refractivity contribution is 5.72. The van der Waals surface area contributed by atoms with Crippen molar-refractivity contribution in [2.75, 3.05) is 0 Å². The molecule has 0 aromatic rings. The zero-order valence-electron chi connectivity index (χ0n) is 24.2. The Morgan fingerprint density at radius 2 is 1.66 bits per heavy atom. The minimum absolute atomic E-state index is 0.00994. The van der Waals surface area contributed by atoms with Gasteiger partial charge in [0.2, 0.25) is 6.29 Å². The van der Waals surface area contributed by atoms with Crippen LogP contribution in [0, 0.1) is 46.3 Å². The van der Waals surface area contributed by atoms with Crippen molar-refractivity contribution < 1.29 is 54.8 Å². The quantitative estimate of drug-likeness (QED) is 0.220. The van der Waals surface area contributed by atoms with Crippen LogP contribution in [0.3, 0.4) is 0 Å². The van der Waals surface area contributed by atoms with E-state index < -0.39 is 60.3 Å². The van der Waals surface area contributed by atoms with E-state index in [0.717, 1.165) is 25.7 Å². The average Bonchev–Trinajstić information content (AvgIpc) is 3.27. The maximum absolute atomic E-state index is 12.7. The second kappa shape index (κ2) is 11.3. The molecule has 5 fully saturated rings. The molecule has 4 aliphatic carbocycles. The third-order valence-corrected chi connectivity index (χ3v) is 12.4. The zero-order valence-corrected chi connectivity index (χ0v) is 24.2. The molecule has 11 nitrogen and oxygen atoms in total. The molecule has 1 aliphatic heterocycles. The highest BCUT2D eigenvalue weighted by atomic mass is 16.7. The molecule has 41 heavy (non-hydrogen) atoms. The van der Waals surface area contributed by atoms with Gasteiger partial charge in [-0.15, -0.1) is 0 Å². The van der Waals surface area contributed by atoms with Crippen LogP contribution in [0.15, 0.2) is 0 Å². The van der Waals surface area contributed by atoms with Crippen molar-refractivity contribution in [2.45, 2.75) is 128 Å². The molecule has 4 saturated carbocycles. The third kappa shape index (κ3) is 5.13. The van der Waals surface area contributed by atoms with Gasteiger partial charge in [-0.3, -0.25) is 4.79 Å². The lowest BCUT2D eigenvalue weighted by molar-refractivity contribution is -0.346. The Balaban J connectivity index is 1.23. The molecule has 234 valence electrons. The number of aliphatic carboxylic acids is 1. The van der Waals surface area contributed by atoms with Gasteiger partial charge < -0.3 is 50.0 Å². The number of hydrogen-bond acceptors (Lipinski definition) is 11. The van der Waals surface area contributed by atoms with Crippen molar-refractivity contribution in [3.8, 4) is 0 Å². The first kappa shape index (κ1) is 31.1. The number of carbonyl (C=O) groups is 2. The van der Waals surface area contributed by atoms with E-state index in [1.165, 1.54) is 0 Å². The van der Waals surface area contributed by atoms with E-state index in [4.69, 9.17) is 9.47 Å². The lowest BCUT2D eigenvalue weighted by Gasteiger charge is -2.63. The van der Waals surface area contributed by atoms with Gasteiger partial charge >= 0.3 is 5.97 Å². The van der Waals surface area contributed by atoms with Crippen molar-refractivity contribution >= 4 is 11.9 Å². The summed E-state index contributed by atoms with van der Waals surface area (Å²) in [4.78, 5) is 23.9. The van der Waals surface area contributed by atoms with E-state index >= 15 is 0 Å². The lowest BCUT2D eigenvalue weighted by atomic mass is 9.43. The minimum Gasteiger partial charge on any atom is -0.547 e. The van der Waals surface area contributed by atoms with Gasteiger partial charge in [-0.25, -0.2) is 0 Å². The number of fused-ring (bicyclic) bond motifs is 5. The first-order valence-electron chi connectivity index (χ1n) is 15.3. The van der Waals surface area contributed by atoms with Crippen molar-refractivity contribution in [3.05, 3.63) is 0 Å². The molecule has 5 aliphatic rings. The predicted molar refractivity (Wildman–Crippen MR) is 140 cm³/mol. The molecule has 11 heteroatoms. The number of aliphatic hydroxyl groups is 6. The van der Waals surface area contributed by atoms with E-state index in [1.54, 1.807) is 0 Å². The molecule has 16 atom stereocenters. The number of rotatable bonds is 6. The van der Waals surface area contributed by atoms with Gasteiger partial charge in [-0.1, -0.05) is 20.8 Å².